The molecule has 2 heteroatoms. The van der Waals surface area contributed by atoms with Crippen molar-refractivity contribution in [3.8, 4) is 100 Å². The molecule has 2 nitrogen and oxygen atoms in total. The Morgan fingerprint density at radius 2 is 0.520 bits per heavy atom. The Kier molecular flexibility index (Phi) is 12.7. The highest BCUT2D eigenvalue weighted by Gasteiger charge is 2.27. The maximum absolute atomic E-state index is 7.55. The van der Waals surface area contributed by atoms with Gasteiger partial charge < -0.3 is 8.83 Å². The molecule has 454 valence electrons. The zero-order valence-electron chi connectivity index (χ0n) is 53.3. The highest BCUT2D eigenvalue weighted by molar-refractivity contribution is 6.31. The molecule has 18 aromatic carbocycles. The van der Waals surface area contributed by atoms with E-state index in [1.807, 2.05) is 0 Å². The Balaban J connectivity index is 0.840. The summed E-state index contributed by atoms with van der Waals surface area (Å²) in [7, 11) is 0. The summed E-state index contributed by atoms with van der Waals surface area (Å²) >= 11 is 0. The van der Waals surface area contributed by atoms with Crippen LogP contribution < -0.4 is 0 Å². The second-order valence-corrected chi connectivity index (χ2v) is 26.0. The Bertz CT molecular complexity index is 6520. The summed E-state index contributed by atoms with van der Waals surface area (Å²) in [6, 6.07) is 129. The number of hydrogen-bond donors (Lipinski definition) is 0. The van der Waals surface area contributed by atoms with Crippen LogP contribution in [-0.2, 0) is 0 Å². The molecule has 0 atom stereocenters. The Hall–Kier alpha value is -12.9. The molecule has 20 rings (SSSR count). The summed E-state index contributed by atoms with van der Waals surface area (Å²) in [5.74, 6) is 0. The molecule has 0 fully saturated rings. The summed E-state index contributed by atoms with van der Waals surface area (Å²) in [6.07, 6.45) is 0. The van der Waals surface area contributed by atoms with Crippen LogP contribution >= 0.6 is 0 Å². The van der Waals surface area contributed by atoms with Crippen LogP contribution in [0.4, 0.5) is 0 Å². The molecule has 0 unspecified atom stereocenters. The normalized spacial score (nSPS) is 11.9. The van der Waals surface area contributed by atoms with Crippen molar-refractivity contribution in [2.24, 2.45) is 0 Å². The molecule has 0 amide bonds. The molecular weight excluding hydrogens is 1190 g/mol. The molecule has 0 aliphatic heterocycles. The third-order valence-electron chi connectivity index (χ3n) is 20.6. The predicted octanol–water partition coefficient (Wildman–Crippen LogP) is 27.4. The van der Waals surface area contributed by atoms with E-state index < -0.39 is 0 Å². The Labute approximate surface area is 565 Å². The first kappa shape index (κ1) is 55.6. The van der Waals surface area contributed by atoms with Crippen molar-refractivity contribution in [2.45, 2.75) is 0 Å². The number of fused-ring (bicyclic) bond motifs is 12. The van der Waals surface area contributed by atoms with Gasteiger partial charge in [-0.2, -0.15) is 0 Å². The van der Waals surface area contributed by atoms with Crippen molar-refractivity contribution in [3.05, 3.63) is 352 Å². The van der Waals surface area contributed by atoms with Crippen LogP contribution in [0.2, 0.25) is 0 Å². The van der Waals surface area contributed by atoms with Crippen molar-refractivity contribution in [1.29, 1.82) is 0 Å². The van der Waals surface area contributed by atoms with Gasteiger partial charge in [0.15, 0.2) is 0 Å². The van der Waals surface area contributed by atoms with E-state index in [1.54, 1.807) is 0 Å². The molecule has 2 heterocycles. The zero-order chi connectivity index (χ0) is 64.4. The van der Waals surface area contributed by atoms with Crippen molar-refractivity contribution in [3.63, 3.8) is 0 Å². The summed E-state index contributed by atoms with van der Waals surface area (Å²) in [4.78, 5) is 0. The van der Waals surface area contributed by atoms with E-state index in [0.717, 1.165) is 110 Å². The molecule has 0 N–H and O–H groups in total. The summed E-state index contributed by atoms with van der Waals surface area (Å²) in [5, 5.41) is 18.5. The fourth-order valence-electron chi connectivity index (χ4n) is 16.3. The minimum Gasteiger partial charge on any atom is -0.456 e. The summed E-state index contributed by atoms with van der Waals surface area (Å²) < 4.78 is 14.3. The molecule has 0 aliphatic rings. The van der Waals surface area contributed by atoms with Crippen molar-refractivity contribution >= 4 is 109 Å². The quantitative estimate of drug-likeness (QED) is 0.135. The van der Waals surface area contributed by atoms with Gasteiger partial charge in [-0.3, -0.25) is 0 Å². The van der Waals surface area contributed by atoms with Crippen LogP contribution in [0.25, 0.3) is 209 Å². The fraction of sp³-hybridized carbons (Fsp3) is 0. The lowest BCUT2D eigenvalue weighted by atomic mass is 9.82. The van der Waals surface area contributed by atoms with E-state index in [9.17, 15) is 0 Å². The van der Waals surface area contributed by atoms with E-state index in [0.29, 0.717) is 0 Å². The largest absolute Gasteiger partial charge is 0.456 e. The van der Waals surface area contributed by atoms with Gasteiger partial charge in [-0.1, -0.05) is 297 Å². The lowest BCUT2D eigenvalue weighted by Gasteiger charge is -2.21. The van der Waals surface area contributed by atoms with Gasteiger partial charge in [0.25, 0.3) is 0 Å². The minimum absolute atomic E-state index is 0.835. The van der Waals surface area contributed by atoms with Gasteiger partial charge in [-0.15, -0.1) is 0 Å². The number of rotatable bonds is 9. The molecule has 0 spiro atoms. The van der Waals surface area contributed by atoms with Gasteiger partial charge in [-0.25, -0.2) is 0 Å². The van der Waals surface area contributed by atoms with Crippen LogP contribution in [0.3, 0.4) is 0 Å². The van der Waals surface area contributed by atoms with Gasteiger partial charge in [0.1, 0.15) is 22.3 Å². The van der Waals surface area contributed by atoms with Crippen LogP contribution in [0.5, 0.6) is 0 Å². The summed E-state index contributed by atoms with van der Waals surface area (Å²) in [5.41, 5.74) is 24.2. The molecule has 98 heavy (non-hydrogen) atoms. The highest BCUT2D eigenvalue weighted by atomic mass is 16.3. The van der Waals surface area contributed by atoms with Crippen molar-refractivity contribution in [2.75, 3.05) is 0 Å². The maximum atomic E-state index is 7.55. The third kappa shape index (κ3) is 8.75. The molecule has 0 saturated carbocycles. The zero-order valence-corrected chi connectivity index (χ0v) is 53.3. The lowest BCUT2D eigenvalue weighted by molar-refractivity contribution is 0.669. The monoisotopic (exact) mass is 1240 g/mol. The first-order chi connectivity index (χ1) is 48.6. The highest BCUT2D eigenvalue weighted by Crippen LogP contribution is 2.54. The Morgan fingerprint density at radius 1 is 0.153 bits per heavy atom. The van der Waals surface area contributed by atoms with Gasteiger partial charge in [-0.05, 0) is 214 Å². The lowest BCUT2D eigenvalue weighted by Crippen LogP contribution is -1.94. The first-order valence-corrected chi connectivity index (χ1v) is 33.8. The second kappa shape index (κ2) is 22.4. The average molecular weight is 1240 g/mol. The molecule has 20 aromatic rings. The molecule has 0 aliphatic carbocycles. The SMILES string of the molecule is c1ccc(-c2ccc3c(-c4c5ccccc5c(-c5ccc(-c6cc(-c7ccccc7)cc7c(-c8c9ccccc9c(-c9cccc%10oc%11ccc(-c%12ccccc%12)cc%11c9%10)c9ccccc89)cccc67)c6oc7ccc(-c8ccccc8)cc7c56)c5ccccc45)cccc3c2)cc1. The van der Waals surface area contributed by atoms with Crippen LogP contribution in [0.1, 0.15) is 0 Å². The van der Waals surface area contributed by atoms with Gasteiger partial charge in [0.2, 0.25) is 0 Å². The van der Waals surface area contributed by atoms with E-state index in [-0.39, 0.29) is 0 Å². The average Bonchev–Trinajstić information content (AvgIpc) is 1.19. The first-order valence-electron chi connectivity index (χ1n) is 33.8. The smallest absolute Gasteiger partial charge is 0.143 e. The topological polar surface area (TPSA) is 26.3 Å². The van der Waals surface area contributed by atoms with Gasteiger partial charge >= 0.3 is 0 Å². The number of benzene rings is 18. The minimum atomic E-state index is 0.835. The van der Waals surface area contributed by atoms with E-state index in [4.69, 9.17) is 8.83 Å². The number of hydrogen-bond acceptors (Lipinski definition) is 2. The molecule has 0 saturated heterocycles. The molecular formula is C96H58O2. The summed E-state index contributed by atoms with van der Waals surface area (Å²) in [6.45, 7) is 0. The van der Waals surface area contributed by atoms with Crippen LogP contribution in [-0.4, -0.2) is 0 Å². The van der Waals surface area contributed by atoms with E-state index >= 15 is 0 Å². The van der Waals surface area contributed by atoms with E-state index in [1.165, 1.54) is 98.4 Å². The van der Waals surface area contributed by atoms with Gasteiger partial charge in [0, 0.05) is 27.1 Å². The molecule has 2 aromatic heterocycles. The fourth-order valence-corrected chi connectivity index (χ4v) is 16.3. The maximum Gasteiger partial charge on any atom is 0.143 e. The van der Waals surface area contributed by atoms with Crippen LogP contribution in [0, 0.1) is 0 Å². The number of furan rings is 2. The van der Waals surface area contributed by atoms with Crippen molar-refractivity contribution in [1.82, 2.24) is 0 Å². The van der Waals surface area contributed by atoms with Gasteiger partial charge in [0.05, 0.1) is 0 Å². The molecule has 0 radical (unpaired) electrons. The van der Waals surface area contributed by atoms with Crippen molar-refractivity contribution < 1.29 is 8.83 Å². The predicted molar refractivity (Wildman–Crippen MR) is 415 cm³/mol. The standard InChI is InChI=1S/C96H58O2/c1-5-24-59(25-6-1)63-46-49-68-66(54-63)32-21-42-70(68)90-71-33-13-19-39-77(71)93(78-40-20-14-34-72(78)90)82-51-50-80(96-95(82)86-56-65(48-53-88(86)98-96)61-28-9-3-10-29-61)84-58-67(62-30-11-4-12-31-62)57-83-69(84)41-22-43-79(83)91-73-35-15-17-37-75(73)92(76-38-18-16-36-74(76)91)81-44-23-45-89-94(81)85-55-64(47-52-87(85)97-89)60-26-7-2-8-27-60/h1-58H. The molecule has 0 bridgehead atoms. The Morgan fingerprint density at radius 3 is 1.04 bits per heavy atom. The second-order valence-electron chi connectivity index (χ2n) is 26.0. The van der Waals surface area contributed by atoms with E-state index in [2.05, 4.69) is 352 Å². The van der Waals surface area contributed by atoms with Crippen LogP contribution in [0.15, 0.2) is 361 Å². The third-order valence-corrected chi connectivity index (χ3v) is 20.6.